The molecule has 2 aliphatic heterocycles. The summed E-state index contributed by atoms with van der Waals surface area (Å²) in [4.78, 5) is 21.2. The lowest BCUT2D eigenvalue weighted by molar-refractivity contribution is -0.0494. The van der Waals surface area contributed by atoms with Crippen molar-refractivity contribution < 1.29 is 23.0 Å². The number of amides is 1. The molecule has 13 nitrogen and oxygen atoms in total. The highest BCUT2D eigenvalue weighted by Gasteiger charge is 2.37. The van der Waals surface area contributed by atoms with E-state index in [4.69, 9.17) is 14.6 Å². The number of piperidine rings is 1. The van der Waals surface area contributed by atoms with Gasteiger partial charge in [0.2, 0.25) is 0 Å². The summed E-state index contributed by atoms with van der Waals surface area (Å²) in [6, 6.07) is 7.31. The molecule has 16 heteroatoms. The third-order valence-corrected chi connectivity index (χ3v) is 9.51. The first kappa shape index (κ1) is 32.2. The predicted octanol–water partition coefficient (Wildman–Crippen LogP) is 5.01. The Bertz CT molecular complexity index is 1880. The molecule has 1 amide bonds. The molecular formula is C32H36F2N10O3S. The van der Waals surface area contributed by atoms with Crippen molar-refractivity contribution in [2.24, 2.45) is 0 Å². The average Bonchev–Trinajstić information content (AvgIpc) is 3.46. The van der Waals surface area contributed by atoms with Crippen molar-refractivity contribution in [3.63, 3.8) is 0 Å². The third-order valence-electron chi connectivity index (χ3n) is 8.79. The first-order valence-corrected chi connectivity index (χ1v) is 17.2. The molecule has 1 N–H and O–H groups in total. The second-order valence-electron chi connectivity index (χ2n) is 11.9. The molecule has 2 saturated heterocycles. The van der Waals surface area contributed by atoms with Crippen molar-refractivity contribution in [2.45, 2.75) is 68.8 Å². The maximum Gasteiger partial charge on any atom is 0.387 e. The molecule has 5 aromatic rings. The number of nitrogens with one attached hydrogen (secondary N) is 1. The molecule has 0 saturated carbocycles. The van der Waals surface area contributed by atoms with Crippen LogP contribution in [0.1, 0.15) is 54.7 Å². The zero-order valence-electron chi connectivity index (χ0n) is 26.6. The largest absolute Gasteiger partial charge is 0.434 e. The van der Waals surface area contributed by atoms with Crippen LogP contribution in [0.25, 0.3) is 16.9 Å². The molecule has 0 radical (unpaired) electrons. The number of alkyl halides is 2. The van der Waals surface area contributed by atoms with Crippen molar-refractivity contribution >= 4 is 29.0 Å². The van der Waals surface area contributed by atoms with Crippen LogP contribution in [-0.2, 0) is 11.3 Å². The van der Waals surface area contributed by atoms with Gasteiger partial charge in [0.05, 0.1) is 43.4 Å². The van der Waals surface area contributed by atoms with E-state index in [1.165, 1.54) is 28.5 Å². The maximum atomic E-state index is 13.5. The van der Waals surface area contributed by atoms with Crippen molar-refractivity contribution in [1.29, 1.82) is 0 Å². The number of rotatable bonds is 13. The monoisotopic (exact) mass is 678 g/mol. The summed E-state index contributed by atoms with van der Waals surface area (Å²) in [7, 11) is 0. The van der Waals surface area contributed by atoms with E-state index in [1.54, 1.807) is 41.5 Å². The number of thioether (sulfide) groups is 1. The number of halogens is 2. The number of benzene rings is 1. The van der Waals surface area contributed by atoms with Gasteiger partial charge in [-0.15, -0.1) is 16.9 Å². The smallest absolute Gasteiger partial charge is 0.387 e. The molecule has 0 bridgehead atoms. The maximum absolute atomic E-state index is 13.5. The van der Waals surface area contributed by atoms with Crippen LogP contribution >= 0.6 is 11.8 Å². The van der Waals surface area contributed by atoms with E-state index in [-0.39, 0.29) is 29.6 Å². The number of hydrogen-bond donors (Lipinski definition) is 1. The van der Waals surface area contributed by atoms with Gasteiger partial charge in [0.1, 0.15) is 22.7 Å². The van der Waals surface area contributed by atoms with Crippen molar-refractivity contribution in [2.75, 3.05) is 31.3 Å². The molecule has 4 aromatic heterocycles. The molecule has 2 aliphatic rings. The molecule has 2 atom stereocenters. The van der Waals surface area contributed by atoms with Gasteiger partial charge in [0.25, 0.3) is 5.91 Å². The predicted molar refractivity (Wildman–Crippen MR) is 174 cm³/mol. The van der Waals surface area contributed by atoms with Crippen molar-refractivity contribution in [1.82, 2.24) is 44.3 Å². The minimum absolute atomic E-state index is 0.0621. The lowest BCUT2D eigenvalue weighted by Crippen LogP contribution is -2.44. The summed E-state index contributed by atoms with van der Waals surface area (Å²) in [5.41, 5.74) is 2.17. The summed E-state index contributed by atoms with van der Waals surface area (Å²) in [6.07, 6.45) is 14.7. The Labute approximate surface area is 279 Å². The molecule has 252 valence electrons. The van der Waals surface area contributed by atoms with Gasteiger partial charge in [-0.05, 0) is 49.8 Å². The Hall–Kier alpha value is -4.41. The Morgan fingerprint density at radius 1 is 1.23 bits per heavy atom. The van der Waals surface area contributed by atoms with Crippen LogP contribution in [0.2, 0.25) is 0 Å². The second-order valence-corrected chi connectivity index (χ2v) is 12.8. The topological polar surface area (TPSA) is 133 Å². The van der Waals surface area contributed by atoms with Crippen molar-refractivity contribution in [3.05, 3.63) is 66.5 Å². The molecule has 0 spiro atoms. The lowest BCUT2D eigenvalue weighted by Gasteiger charge is -2.36. The SMILES string of the molecule is CCCC(C1CO1)N1CCC(n2cc(Cn3cc(NC(=O)c4cnn5cccnc45)c(-c4cc(SC)ccc4OC(F)F)n3)nn2)CC1. The van der Waals surface area contributed by atoms with Gasteiger partial charge in [0, 0.05) is 48.2 Å². The molecule has 1 aromatic carbocycles. The highest BCUT2D eigenvalue weighted by molar-refractivity contribution is 7.98. The fourth-order valence-corrected chi connectivity index (χ4v) is 6.82. The Kier molecular flexibility index (Phi) is 9.36. The fourth-order valence-electron chi connectivity index (χ4n) is 6.38. The number of ether oxygens (including phenoxy) is 2. The van der Waals surface area contributed by atoms with Crippen LogP contribution in [0.3, 0.4) is 0 Å². The molecule has 2 fully saturated rings. The minimum Gasteiger partial charge on any atom is -0.434 e. The number of hydrogen-bond acceptors (Lipinski definition) is 10. The number of carbonyl (C=O) groups excluding carboxylic acids is 1. The van der Waals surface area contributed by atoms with Gasteiger partial charge in [-0.3, -0.25) is 14.4 Å². The summed E-state index contributed by atoms with van der Waals surface area (Å²) >= 11 is 1.44. The zero-order chi connectivity index (χ0) is 33.2. The van der Waals surface area contributed by atoms with Crippen LogP contribution in [0.15, 0.2) is 60.1 Å². The van der Waals surface area contributed by atoms with E-state index in [0.717, 1.165) is 50.3 Å². The number of aromatic nitrogens is 8. The van der Waals surface area contributed by atoms with Crippen LogP contribution in [0.5, 0.6) is 5.75 Å². The van der Waals surface area contributed by atoms with Crippen LogP contribution in [-0.4, -0.2) is 94.9 Å². The normalized spacial score (nSPS) is 17.6. The third kappa shape index (κ3) is 6.91. The van der Waals surface area contributed by atoms with E-state index in [0.29, 0.717) is 34.7 Å². The highest BCUT2D eigenvalue weighted by atomic mass is 32.2. The number of likely N-dealkylation sites (tertiary alicyclic amines) is 1. The molecule has 48 heavy (non-hydrogen) atoms. The van der Waals surface area contributed by atoms with Gasteiger partial charge >= 0.3 is 6.61 Å². The van der Waals surface area contributed by atoms with E-state index >= 15 is 0 Å². The number of epoxide rings is 1. The van der Waals surface area contributed by atoms with E-state index in [9.17, 15) is 13.6 Å². The summed E-state index contributed by atoms with van der Waals surface area (Å²) in [5, 5.41) is 20.7. The number of anilines is 1. The first-order valence-electron chi connectivity index (χ1n) is 16.0. The molecular weight excluding hydrogens is 642 g/mol. The van der Waals surface area contributed by atoms with Crippen LogP contribution in [0, 0.1) is 0 Å². The zero-order valence-corrected chi connectivity index (χ0v) is 27.4. The van der Waals surface area contributed by atoms with E-state index in [2.05, 4.69) is 37.5 Å². The van der Waals surface area contributed by atoms with Gasteiger partial charge in [-0.1, -0.05) is 18.6 Å². The molecule has 0 aliphatic carbocycles. The lowest BCUT2D eigenvalue weighted by atomic mass is 10.00. The fraction of sp³-hybridized carbons (Fsp3) is 0.438. The van der Waals surface area contributed by atoms with Gasteiger partial charge in [-0.25, -0.2) is 14.2 Å². The molecule has 2 unspecified atom stereocenters. The minimum atomic E-state index is -3.05. The van der Waals surface area contributed by atoms with Crippen molar-refractivity contribution in [3.8, 4) is 17.0 Å². The Morgan fingerprint density at radius 3 is 2.81 bits per heavy atom. The van der Waals surface area contributed by atoms with Crippen LogP contribution in [0.4, 0.5) is 14.5 Å². The van der Waals surface area contributed by atoms with Gasteiger partial charge in [0.15, 0.2) is 5.65 Å². The highest BCUT2D eigenvalue weighted by Crippen LogP contribution is 2.38. The first-order chi connectivity index (χ1) is 23.4. The number of fused-ring (bicyclic) bond motifs is 1. The standard InChI is InChI=1S/C32H36F2N10O3S/c1-3-5-26(28-19-46-28)41-12-8-21(9-13-41)44-17-20(38-40-44)16-42-18-25(37-31(45)24-15-36-43-11-4-10-35-30(24)43)29(39-42)23-14-22(48-2)6-7-27(23)47-32(33)34/h4,6-7,10-11,14-15,17-18,21,26,28,32H,3,5,8-9,12-13,16,19H2,1-2H3,(H,37,45). The van der Waals surface area contributed by atoms with Gasteiger partial charge < -0.3 is 14.8 Å². The van der Waals surface area contributed by atoms with E-state index in [1.807, 2.05) is 17.1 Å². The Morgan fingerprint density at radius 2 is 2.06 bits per heavy atom. The summed E-state index contributed by atoms with van der Waals surface area (Å²) in [5.74, 6) is -0.540. The van der Waals surface area contributed by atoms with E-state index < -0.39 is 12.5 Å². The second kappa shape index (κ2) is 14.0. The van der Waals surface area contributed by atoms with Crippen LogP contribution < -0.4 is 10.1 Å². The Balaban J connectivity index is 1.14. The quantitative estimate of drug-likeness (QED) is 0.134. The molecule has 6 heterocycles. The summed E-state index contributed by atoms with van der Waals surface area (Å²) in [6.45, 7) is 2.24. The number of carbonyl (C=O) groups is 1. The average molecular weight is 679 g/mol. The summed E-state index contributed by atoms with van der Waals surface area (Å²) < 4.78 is 42.5. The number of nitrogens with zero attached hydrogens (tertiary/aromatic N) is 9. The molecule has 7 rings (SSSR count). The van der Waals surface area contributed by atoms with Gasteiger partial charge in [-0.2, -0.15) is 19.0 Å².